The molecular formula is C25H32N2O6S. The molecule has 2 aromatic rings. The molecule has 0 aromatic heterocycles. The highest BCUT2D eigenvalue weighted by molar-refractivity contribution is 7.89. The summed E-state index contributed by atoms with van der Waals surface area (Å²) in [5.74, 6) is -1.10. The molecule has 3 unspecified atom stereocenters. The summed E-state index contributed by atoms with van der Waals surface area (Å²) < 4.78 is 38.2. The van der Waals surface area contributed by atoms with Crippen molar-refractivity contribution in [3.05, 3.63) is 65.7 Å². The van der Waals surface area contributed by atoms with E-state index >= 15 is 0 Å². The molecule has 34 heavy (non-hydrogen) atoms. The van der Waals surface area contributed by atoms with Gasteiger partial charge >= 0.3 is 5.97 Å². The van der Waals surface area contributed by atoms with Crippen LogP contribution in [0.5, 0.6) is 0 Å². The van der Waals surface area contributed by atoms with Gasteiger partial charge in [-0.3, -0.25) is 4.79 Å². The van der Waals surface area contributed by atoms with Crippen LogP contribution in [0.15, 0.2) is 59.5 Å². The van der Waals surface area contributed by atoms with Crippen molar-refractivity contribution in [2.45, 2.75) is 62.7 Å². The van der Waals surface area contributed by atoms with E-state index in [1.807, 2.05) is 37.3 Å². The predicted molar refractivity (Wildman–Crippen MR) is 128 cm³/mol. The highest BCUT2D eigenvalue weighted by Gasteiger charge is 2.24. The van der Waals surface area contributed by atoms with Crippen LogP contribution < -0.4 is 10.0 Å². The summed E-state index contributed by atoms with van der Waals surface area (Å²) in [5, 5.41) is 2.94. The minimum atomic E-state index is -3.72. The maximum Gasteiger partial charge on any atom is 0.338 e. The third-order valence-corrected chi connectivity index (χ3v) is 7.11. The second kappa shape index (κ2) is 12.1. The van der Waals surface area contributed by atoms with Gasteiger partial charge in [-0.25, -0.2) is 17.9 Å². The molecular weight excluding hydrogens is 456 g/mol. The molecule has 2 aromatic carbocycles. The van der Waals surface area contributed by atoms with Gasteiger partial charge in [0.25, 0.3) is 5.91 Å². The Kier molecular flexibility index (Phi) is 9.20. The van der Waals surface area contributed by atoms with Crippen molar-refractivity contribution in [1.29, 1.82) is 0 Å². The lowest BCUT2D eigenvalue weighted by Crippen LogP contribution is -2.38. The molecule has 0 aliphatic carbocycles. The van der Waals surface area contributed by atoms with Gasteiger partial charge in [0.2, 0.25) is 10.0 Å². The second-order valence-electron chi connectivity index (χ2n) is 8.32. The Morgan fingerprint density at radius 1 is 1.12 bits per heavy atom. The minimum absolute atomic E-state index is 0.0399. The first-order chi connectivity index (χ1) is 16.3. The van der Waals surface area contributed by atoms with E-state index in [0.29, 0.717) is 6.61 Å². The largest absolute Gasteiger partial charge is 0.449 e. The number of esters is 1. The normalized spacial score (nSPS) is 17.6. The molecule has 184 valence electrons. The molecule has 1 heterocycles. The first kappa shape index (κ1) is 25.9. The zero-order valence-corrected chi connectivity index (χ0v) is 20.3. The van der Waals surface area contributed by atoms with Gasteiger partial charge in [-0.15, -0.1) is 0 Å². The average Bonchev–Trinajstić information content (AvgIpc) is 3.37. The number of carbonyl (C=O) groups is 2. The molecule has 0 radical (unpaired) electrons. The monoisotopic (exact) mass is 488 g/mol. The van der Waals surface area contributed by atoms with Crippen LogP contribution in [0.25, 0.3) is 0 Å². The van der Waals surface area contributed by atoms with Gasteiger partial charge in [-0.2, -0.15) is 0 Å². The lowest BCUT2D eigenvalue weighted by atomic mass is 10.0. The molecule has 0 bridgehead atoms. The maximum atomic E-state index is 12.6. The highest BCUT2D eigenvalue weighted by Crippen LogP contribution is 2.19. The molecule has 1 aliphatic rings. The number of nitrogens with one attached hydrogen (secondary N) is 2. The van der Waals surface area contributed by atoms with E-state index in [9.17, 15) is 18.0 Å². The van der Waals surface area contributed by atoms with Crippen molar-refractivity contribution in [2.24, 2.45) is 0 Å². The Hall–Kier alpha value is -2.75. The summed E-state index contributed by atoms with van der Waals surface area (Å²) in [4.78, 5) is 25.2. The highest BCUT2D eigenvalue weighted by atomic mass is 32.2. The SMILES string of the molecule is CCCC(NC(=O)C(C)OC(=O)c1ccc(S(=O)(=O)NCC2CCCO2)cc1)c1ccccc1. The molecule has 3 rings (SSSR count). The summed E-state index contributed by atoms with van der Waals surface area (Å²) in [6.45, 7) is 4.40. The zero-order chi connectivity index (χ0) is 24.6. The van der Waals surface area contributed by atoms with Gasteiger partial charge in [0.1, 0.15) is 0 Å². The molecule has 8 nitrogen and oxygen atoms in total. The average molecular weight is 489 g/mol. The van der Waals surface area contributed by atoms with E-state index in [1.54, 1.807) is 0 Å². The van der Waals surface area contributed by atoms with Crippen molar-refractivity contribution in [3.63, 3.8) is 0 Å². The predicted octanol–water partition coefficient (Wildman–Crippen LogP) is 3.35. The van der Waals surface area contributed by atoms with Gasteiger partial charge in [0, 0.05) is 13.2 Å². The van der Waals surface area contributed by atoms with Gasteiger partial charge < -0.3 is 14.8 Å². The molecule has 2 N–H and O–H groups in total. The minimum Gasteiger partial charge on any atom is -0.449 e. The maximum absolute atomic E-state index is 12.6. The molecule has 1 amide bonds. The molecule has 3 atom stereocenters. The van der Waals surface area contributed by atoms with Crippen LogP contribution in [-0.4, -0.2) is 45.7 Å². The van der Waals surface area contributed by atoms with Gasteiger partial charge in [-0.05, 0) is 56.0 Å². The first-order valence-electron chi connectivity index (χ1n) is 11.6. The Morgan fingerprint density at radius 2 is 1.82 bits per heavy atom. The lowest BCUT2D eigenvalue weighted by molar-refractivity contribution is -0.129. The number of hydrogen-bond donors (Lipinski definition) is 2. The number of benzene rings is 2. The summed E-state index contributed by atoms with van der Waals surface area (Å²) in [6, 6.07) is 14.9. The van der Waals surface area contributed by atoms with Crippen LogP contribution in [0.4, 0.5) is 0 Å². The lowest BCUT2D eigenvalue weighted by Gasteiger charge is -2.21. The molecule has 0 saturated carbocycles. The van der Waals surface area contributed by atoms with Crippen LogP contribution in [0.2, 0.25) is 0 Å². The topological polar surface area (TPSA) is 111 Å². The Balaban J connectivity index is 1.56. The summed E-state index contributed by atoms with van der Waals surface area (Å²) in [5.41, 5.74) is 1.15. The quantitative estimate of drug-likeness (QED) is 0.470. The number of ether oxygens (including phenoxy) is 2. The van der Waals surface area contributed by atoms with Crippen molar-refractivity contribution in [1.82, 2.24) is 10.0 Å². The number of rotatable bonds is 11. The Bertz CT molecular complexity index is 1050. The summed E-state index contributed by atoms with van der Waals surface area (Å²) in [7, 11) is -3.72. The van der Waals surface area contributed by atoms with Crippen LogP contribution >= 0.6 is 0 Å². The van der Waals surface area contributed by atoms with Crippen molar-refractivity contribution >= 4 is 21.9 Å². The first-order valence-corrected chi connectivity index (χ1v) is 13.1. The number of amides is 1. The van der Waals surface area contributed by atoms with Gasteiger partial charge in [0.05, 0.1) is 22.6 Å². The van der Waals surface area contributed by atoms with Crippen molar-refractivity contribution in [2.75, 3.05) is 13.2 Å². The fourth-order valence-electron chi connectivity index (χ4n) is 3.73. The smallest absolute Gasteiger partial charge is 0.338 e. The van der Waals surface area contributed by atoms with Crippen LogP contribution in [-0.2, 0) is 24.3 Å². The van der Waals surface area contributed by atoms with Crippen LogP contribution in [0, 0.1) is 0 Å². The third kappa shape index (κ3) is 7.12. The summed E-state index contributed by atoms with van der Waals surface area (Å²) in [6.07, 6.45) is 2.26. The number of sulfonamides is 1. The molecule has 0 spiro atoms. The number of carbonyl (C=O) groups excluding carboxylic acids is 2. The standard InChI is InChI=1S/C25H32N2O6S/c1-3-8-23(19-9-5-4-6-10-19)27-24(28)18(2)33-25(29)20-12-14-22(15-13-20)34(30,31)26-17-21-11-7-16-32-21/h4-6,9-10,12-15,18,21,23,26H,3,7-8,11,16-17H2,1-2H3,(H,27,28). The fraction of sp³-hybridized carbons (Fsp3) is 0.440. The zero-order valence-electron chi connectivity index (χ0n) is 19.5. The van der Waals surface area contributed by atoms with Crippen LogP contribution in [0.3, 0.4) is 0 Å². The van der Waals surface area contributed by atoms with Crippen molar-refractivity contribution in [3.8, 4) is 0 Å². The van der Waals surface area contributed by atoms with E-state index in [4.69, 9.17) is 9.47 Å². The Labute approximate surface area is 201 Å². The summed E-state index contributed by atoms with van der Waals surface area (Å²) >= 11 is 0. The van der Waals surface area contributed by atoms with E-state index in [-0.39, 0.29) is 29.1 Å². The van der Waals surface area contributed by atoms with E-state index in [0.717, 1.165) is 31.2 Å². The molecule has 1 fully saturated rings. The van der Waals surface area contributed by atoms with Crippen molar-refractivity contribution < 1.29 is 27.5 Å². The molecule has 1 saturated heterocycles. The second-order valence-corrected chi connectivity index (χ2v) is 10.1. The Morgan fingerprint density at radius 3 is 2.44 bits per heavy atom. The van der Waals surface area contributed by atoms with E-state index in [1.165, 1.54) is 31.2 Å². The van der Waals surface area contributed by atoms with Gasteiger partial charge in [0.15, 0.2) is 6.10 Å². The van der Waals surface area contributed by atoms with Crippen LogP contribution in [0.1, 0.15) is 61.5 Å². The third-order valence-electron chi connectivity index (χ3n) is 5.67. The molecule has 1 aliphatic heterocycles. The van der Waals surface area contributed by atoms with E-state index in [2.05, 4.69) is 10.0 Å². The fourth-order valence-corrected chi connectivity index (χ4v) is 4.80. The van der Waals surface area contributed by atoms with E-state index < -0.39 is 28.0 Å². The number of hydrogen-bond acceptors (Lipinski definition) is 6. The molecule has 9 heteroatoms. The van der Waals surface area contributed by atoms with Gasteiger partial charge in [-0.1, -0.05) is 43.7 Å².